The molecule has 0 rings (SSSR count). The molecule has 0 bridgehead atoms. The molecular formula is C84H152NO8P. The second-order valence-corrected chi connectivity index (χ2v) is 29.5. The first-order chi connectivity index (χ1) is 46.0. The Bertz CT molecular complexity index is 1910. The number of nitrogens with zero attached hydrogens (tertiary/aromatic N) is 1. The first-order valence-electron chi connectivity index (χ1n) is 39.9. The predicted molar refractivity (Wildman–Crippen MR) is 406 cm³/mol. The van der Waals surface area contributed by atoms with Crippen molar-refractivity contribution in [3.8, 4) is 0 Å². The average molecular weight is 1340 g/mol. The van der Waals surface area contributed by atoms with Gasteiger partial charge in [-0.1, -0.05) is 381 Å². The largest absolute Gasteiger partial charge is 0.756 e. The Labute approximate surface area is 583 Å². The van der Waals surface area contributed by atoms with E-state index < -0.39 is 26.5 Å². The molecule has 0 heterocycles. The van der Waals surface area contributed by atoms with Crippen molar-refractivity contribution in [2.75, 3.05) is 47.5 Å². The number of unbranched alkanes of at least 4 members (excludes halogenated alkanes) is 44. The van der Waals surface area contributed by atoms with Crippen LogP contribution in [-0.2, 0) is 32.7 Å². The van der Waals surface area contributed by atoms with Gasteiger partial charge in [0.15, 0.2) is 6.10 Å². The third-order valence-corrected chi connectivity index (χ3v) is 18.6. The summed E-state index contributed by atoms with van der Waals surface area (Å²) in [5.74, 6) is -0.841. The van der Waals surface area contributed by atoms with Crippen LogP contribution < -0.4 is 4.89 Å². The van der Waals surface area contributed by atoms with Crippen molar-refractivity contribution >= 4 is 19.8 Å². The third kappa shape index (κ3) is 77.9. The van der Waals surface area contributed by atoms with Crippen LogP contribution in [0.5, 0.6) is 0 Å². The number of hydrogen-bond acceptors (Lipinski definition) is 8. The van der Waals surface area contributed by atoms with E-state index in [0.29, 0.717) is 17.4 Å². The SMILES string of the molecule is CC/C=C\C/C=C\C/C=C\C/C=C\C/C=C\C/C=C\C/C=C\C/C=C\CCCCCCCCC(=O)OC(COC(=O)CCCCCCCCCCCCCCCCCCCCCCCCCCCCCCCCCCCCCCCCC)COP(=O)([O-])OCC[N+](C)(C)C. The molecule has 0 aliphatic carbocycles. The van der Waals surface area contributed by atoms with Gasteiger partial charge in [-0.15, -0.1) is 0 Å². The van der Waals surface area contributed by atoms with Crippen molar-refractivity contribution in [1.82, 2.24) is 0 Å². The lowest BCUT2D eigenvalue weighted by Crippen LogP contribution is -2.37. The molecule has 0 amide bonds. The standard InChI is InChI=1S/C84H152NO8P/c1-6-8-10-12-14-16-18-20-22-24-26-28-30-32-34-36-38-39-40-41-42-43-44-45-47-48-50-52-54-56-58-60-62-64-66-68-70-72-74-76-83(86)90-80-82(81-92-94(88,89)91-79-78-85(3,4)5)93-84(87)77-75-73-71-69-67-65-63-61-59-57-55-53-51-49-46-37-35-33-31-29-27-25-23-21-19-17-15-13-11-9-7-2/h9,11,15,17,21,23,27,29,33,35,46,49,53,55,59,61,82H,6-8,10,12-14,16,18-20,22,24-26,28,30-32,34,36-45,47-48,50-52,54,56-58,60,62-81H2,1-5H3/b11-9-,17-15-,23-21-,29-27-,35-33-,49-46-,55-53-,61-59-. The number of carbonyl (C=O) groups is 2. The van der Waals surface area contributed by atoms with Crippen LogP contribution in [0.15, 0.2) is 97.2 Å². The van der Waals surface area contributed by atoms with Gasteiger partial charge in [-0.2, -0.15) is 0 Å². The first kappa shape index (κ1) is 90.9. The van der Waals surface area contributed by atoms with E-state index >= 15 is 0 Å². The lowest BCUT2D eigenvalue weighted by Gasteiger charge is -2.28. The van der Waals surface area contributed by atoms with Crippen LogP contribution in [0.25, 0.3) is 0 Å². The lowest BCUT2D eigenvalue weighted by atomic mass is 10.0. The summed E-state index contributed by atoms with van der Waals surface area (Å²) in [6.07, 6.45) is 104. The van der Waals surface area contributed by atoms with E-state index in [-0.39, 0.29) is 32.0 Å². The van der Waals surface area contributed by atoms with Gasteiger partial charge < -0.3 is 27.9 Å². The van der Waals surface area contributed by atoms with E-state index in [0.717, 1.165) is 109 Å². The molecule has 0 spiro atoms. The van der Waals surface area contributed by atoms with E-state index in [9.17, 15) is 19.0 Å². The molecule has 10 heteroatoms. The summed E-state index contributed by atoms with van der Waals surface area (Å²) >= 11 is 0. The molecule has 0 aromatic carbocycles. The van der Waals surface area contributed by atoms with Gasteiger partial charge in [-0.25, -0.2) is 0 Å². The fourth-order valence-corrected chi connectivity index (χ4v) is 12.3. The molecule has 0 radical (unpaired) electrons. The molecule has 94 heavy (non-hydrogen) atoms. The maximum absolute atomic E-state index is 12.9. The summed E-state index contributed by atoms with van der Waals surface area (Å²) in [7, 11) is 1.16. The van der Waals surface area contributed by atoms with Gasteiger partial charge >= 0.3 is 11.9 Å². The van der Waals surface area contributed by atoms with Crippen LogP contribution in [0.4, 0.5) is 0 Å². The number of phosphoric ester groups is 1. The molecule has 2 unspecified atom stereocenters. The maximum Gasteiger partial charge on any atom is 0.306 e. The minimum absolute atomic E-state index is 0.0370. The number of ether oxygens (including phenoxy) is 2. The van der Waals surface area contributed by atoms with Crippen molar-refractivity contribution in [1.29, 1.82) is 0 Å². The number of esters is 2. The van der Waals surface area contributed by atoms with Crippen molar-refractivity contribution < 1.29 is 42.1 Å². The molecule has 9 nitrogen and oxygen atoms in total. The van der Waals surface area contributed by atoms with E-state index in [1.807, 2.05) is 21.1 Å². The molecule has 0 aromatic heterocycles. The highest BCUT2D eigenvalue weighted by Gasteiger charge is 2.22. The second-order valence-electron chi connectivity index (χ2n) is 28.1. The number of carbonyl (C=O) groups excluding carboxylic acids is 2. The molecule has 0 fully saturated rings. The minimum atomic E-state index is -4.65. The Kier molecular flexibility index (Phi) is 71.7. The number of phosphoric acid groups is 1. The summed E-state index contributed by atoms with van der Waals surface area (Å²) in [6, 6.07) is 0. The van der Waals surface area contributed by atoms with Gasteiger partial charge in [0.1, 0.15) is 19.8 Å². The van der Waals surface area contributed by atoms with Crippen LogP contribution in [0, 0.1) is 0 Å². The van der Waals surface area contributed by atoms with Crippen molar-refractivity contribution in [3.05, 3.63) is 97.2 Å². The number of quaternary nitrogens is 1. The average Bonchev–Trinajstić information content (AvgIpc) is 1.66. The van der Waals surface area contributed by atoms with Gasteiger partial charge in [0, 0.05) is 12.8 Å². The maximum atomic E-state index is 12.9. The van der Waals surface area contributed by atoms with Gasteiger partial charge in [0.05, 0.1) is 27.7 Å². The third-order valence-electron chi connectivity index (χ3n) is 17.6. The molecule has 0 saturated carbocycles. The number of allylic oxidation sites excluding steroid dienone is 16. The zero-order valence-electron chi connectivity index (χ0n) is 62.4. The Morgan fingerprint density at radius 1 is 0.340 bits per heavy atom. The first-order valence-corrected chi connectivity index (χ1v) is 41.4. The van der Waals surface area contributed by atoms with Crippen LogP contribution in [0.1, 0.15) is 373 Å². The number of hydrogen-bond donors (Lipinski definition) is 0. The molecule has 0 aromatic rings. The quantitative estimate of drug-likeness (QED) is 0.0195. The Hall–Kier alpha value is -3.07. The number of rotatable bonds is 74. The van der Waals surface area contributed by atoms with E-state index in [1.165, 1.54) is 231 Å². The molecular weight excluding hydrogens is 1180 g/mol. The highest BCUT2D eigenvalue weighted by molar-refractivity contribution is 7.45. The summed E-state index contributed by atoms with van der Waals surface area (Å²) < 4.78 is 34.4. The van der Waals surface area contributed by atoms with Crippen LogP contribution in [0.3, 0.4) is 0 Å². The van der Waals surface area contributed by atoms with Crippen LogP contribution in [-0.4, -0.2) is 70.0 Å². The highest BCUT2D eigenvalue weighted by Crippen LogP contribution is 2.38. The molecule has 0 saturated heterocycles. The highest BCUT2D eigenvalue weighted by atomic mass is 31.2. The van der Waals surface area contributed by atoms with E-state index in [2.05, 4.69) is 111 Å². The zero-order valence-corrected chi connectivity index (χ0v) is 63.3. The Morgan fingerprint density at radius 3 is 0.904 bits per heavy atom. The van der Waals surface area contributed by atoms with Crippen LogP contribution in [0.2, 0.25) is 0 Å². The zero-order chi connectivity index (χ0) is 68.3. The smallest absolute Gasteiger partial charge is 0.306 e. The second kappa shape index (κ2) is 74.2. The van der Waals surface area contributed by atoms with Crippen molar-refractivity contribution in [2.24, 2.45) is 0 Å². The summed E-state index contributed by atoms with van der Waals surface area (Å²) in [5.41, 5.74) is 0. The van der Waals surface area contributed by atoms with E-state index in [1.54, 1.807) is 0 Å². The molecule has 546 valence electrons. The summed E-state index contributed by atoms with van der Waals surface area (Å²) in [6.45, 7) is 4.15. The lowest BCUT2D eigenvalue weighted by molar-refractivity contribution is -0.870. The summed E-state index contributed by atoms with van der Waals surface area (Å²) in [4.78, 5) is 38.2. The monoisotopic (exact) mass is 1330 g/mol. The molecule has 0 aliphatic rings. The molecule has 2 atom stereocenters. The minimum Gasteiger partial charge on any atom is -0.756 e. The summed E-state index contributed by atoms with van der Waals surface area (Å²) in [5, 5.41) is 0. The number of likely N-dealkylation sites (N-methyl/N-ethyl adjacent to an activating group) is 1. The van der Waals surface area contributed by atoms with Crippen LogP contribution >= 0.6 is 7.82 Å². The van der Waals surface area contributed by atoms with Crippen molar-refractivity contribution in [3.63, 3.8) is 0 Å². The fraction of sp³-hybridized carbons (Fsp3) is 0.786. The fourth-order valence-electron chi connectivity index (χ4n) is 11.6. The predicted octanol–water partition coefficient (Wildman–Crippen LogP) is 26.0. The van der Waals surface area contributed by atoms with Crippen molar-refractivity contribution in [2.45, 2.75) is 380 Å². The Morgan fingerprint density at radius 2 is 0.606 bits per heavy atom. The van der Waals surface area contributed by atoms with Gasteiger partial charge in [0.25, 0.3) is 7.82 Å². The molecule has 0 N–H and O–H groups in total. The normalized spacial score (nSPS) is 13.6. The van der Waals surface area contributed by atoms with E-state index in [4.69, 9.17) is 18.5 Å². The topological polar surface area (TPSA) is 111 Å². The molecule has 0 aliphatic heterocycles. The Balaban J connectivity index is 3.97. The van der Waals surface area contributed by atoms with Gasteiger partial charge in [-0.3, -0.25) is 14.2 Å². The van der Waals surface area contributed by atoms with Gasteiger partial charge in [0.2, 0.25) is 0 Å². The van der Waals surface area contributed by atoms with Gasteiger partial charge in [-0.05, 0) is 77.0 Å².